The summed E-state index contributed by atoms with van der Waals surface area (Å²) in [6.07, 6.45) is -0.741. The molecule has 128 valence electrons. The molecular formula is C19H17ClN2O3. The summed E-state index contributed by atoms with van der Waals surface area (Å²) in [5.41, 5.74) is 2.95. The van der Waals surface area contributed by atoms with Crippen LogP contribution >= 0.6 is 11.6 Å². The number of para-hydroxylation sites is 2. The van der Waals surface area contributed by atoms with Gasteiger partial charge in [-0.25, -0.2) is 14.8 Å². The van der Waals surface area contributed by atoms with Crippen LogP contribution in [0.3, 0.4) is 0 Å². The molecule has 0 spiro atoms. The van der Waals surface area contributed by atoms with E-state index in [2.05, 4.69) is 9.97 Å². The Morgan fingerprint density at radius 3 is 2.40 bits per heavy atom. The average molecular weight is 357 g/mol. The predicted octanol–water partition coefficient (Wildman–Crippen LogP) is 4.10. The second-order valence-corrected chi connectivity index (χ2v) is 6.00. The number of carbonyl (C=O) groups excluding carboxylic acids is 1. The van der Waals surface area contributed by atoms with Gasteiger partial charge in [0.25, 0.3) is 0 Å². The van der Waals surface area contributed by atoms with E-state index in [0.717, 1.165) is 16.7 Å². The molecule has 0 fully saturated rings. The summed E-state index contributed by atoms with van der Waals surface area (Å²) in [5, 5.41) is 0.605. The Morgan fingerprint density at radius 2 is 1.72 bits per heavy atom. The van der Waals surface area contributed by atoms with E-state index in [1.807, 2.05) is 31.2 Å². The van der Waals surface area contributed by atoms with Gasteiger partial charge in [0.1, 0.15) is 12.4 Å². The van der Waals surface area contributed by atoms with E-state index >= 15 is 0 Å². The number of hydrogen-bond acceptors (Lipinski definition) is 5. The highest BCUT2D eigenvalue weighted by Crippen LogP contribution is 2.18. The lowest BCUT2D eigenvalue weighted by atomic mass is 10.2. The van der Waals surface area contributed by atoms with Crippen molar-refractivity contribution in [2.75, 3.05) is 0 Å². The number of carbonyl (C=O) groups is 1. The average Bonchev–Trinajstić information content (AvgIpc) is 2.61. The number of benzene rings is 2. The molecule has 3 rings (SSSR count). The molecule has 0 aliphatic heterocycles. The summed E-state index contributed by atoms with van der Waals surface area (Å²) >= 11 is 5.82. The van der Waals surface area contributed by atoms with Gasteiger partial charge in [-0.15, -0.1) is 0 Å². The maximum Gasteiger partial charge on any atom is 0.347 e. The van der Waals surface area contributed by atoms with Gasteiger partial charge in [0, 0.05) is 5.02 Å². The molecule has 1 atom stereocenters. The lowest BCUT2D eigenvalue weighted by molar-refractivity contribution is -0.152. The van der Waals surface area contributed by atoms with Crippen molar-refractivity contribution in [3.63, 3.8) is 0 Å². The molecule has 0 amide bonds. The van der Waals surface area contributed by atoms with Crippen LogP contribution < -0.4 is 4.74 Å². The van der Waals surface area contributed by atoms with Gasteiger partial charge in [-0.05, 0) is 50.2 Å². The zero-order chi connectivity index (χ0) is 17.8. The van der Waals surface area contributed by atoms with Gasteiger partial charge < -0.3 is 9.47 Å². The molecule has 0 bridgehead atoms. The van der Waals surface area contributed by atoms with Gasteiger partial charge in [-0.1, -0.05) is 23.7 Å². The van der Waals surface area contributed by atoms with Crippen molar-refractivity contribution in [1.82, 2.24) is 9.97 Å². The fraction of sp³-hybridized carbons (Fsp3) is 0.211. The molecule has 0 radical (unpaired) electrons. The fourth-order valence-corrected chi connectivity index (χ4v) is 2.41. The summed E-state index contributed by atoms with van der Waals surface area (Å²) in [4.78, 5) is 21.1. The molecule has 5 nitrogen and oxygen atoms in total. The van der Waals surface area contributed by atoms with E-state index in [9.17, 15) is 4.79 Å². The quantitative estimate of drug-likeness (QED) is 0.644. The Hall–Kier alpha value is -2.66. The lowest BCUT2D eigenvalue weighted by Crippen LogP contribution is -2.26. The standard InChI is InChI=1S/C19H17ClN2O3/c1-12-18(22-17-6-4-3-5-16(17)21-12)11-24-19(23)13(2)25-15-9-7-14(20)8-10-15/h3-10,13H,11H2,1-2H3/t13-/m0/s1. The Morgan fingerprint density at radius 1 is 1.08 bits per heavy atom. The van der Waals surface area contributed by atoms with E-state index in [4.69, 9.17) is 21.1 Å². The van der Waals surface area contributed by atoms with E-state index in [1.165, 1.54) is 0 Å². The Bertz CT molecular complexity index is 897. The van der Waals surface area contributed by atoms with Gasteiger partial charge in [0.05, 0.1) is 22.4 Å². The maximum atomic E-state index is 12.1. The van der Waals surface area contributed by atoms with Crippen molar-refractivity contribution >= 4 is 28.6 Å². The highest BCUT2D eigenvalue weighted by atomic mass is 35.5. The molecule has 1 heterocycles. The maximum absolute atomic E-state index is 12.1. The minimum Gasteiger partial charge on any atom is -0.479 e. The van der Waals surface area contributed by atoms with Crippen LogP contribution in [0.2, 0.25) is 5.02 Å². The molecule has 3 aromatic rings. The van der Waals surface area contributed by atoms with Gasteiger partial charge >= 0.3 is 5.97 Å². The van der Waals surface area contributed by atoms with Crippen molar-refractivity contribution < 1.29 is 14.3 Å². The minimum atomic E-state index is -0.741. The van der Waals surface area contributed by atoms with Gasteiger partial charge in [-0.3, -0.25) is 0 Å². The van der Waals surface area contributed by atoms with Crippen LogP contribution in [0.1, 0.15) is 18.3 Å². The van der Waals surface area contributed by atoms with Crippen LogP contribution in [0.4, 0.5) is 0 Å². The smallest absolute Gasteiger partial charge is 0.347 e. The summed E-state index contributed by atoms with van der Waals surface area (Å²) in [6.45, 7) is 3.53. The highest BCUT2D eigenvalue weighted by Gasteiger charge is 2.17. The topological polar surface area (TPSA) is 61.3 Å². The zero-order valence-electron chi connectivity index (χ0n) is 13.9. The van der Waals surface area contributed by atoms with E-state index in [-0.39, 0.29) is 6.61 Å². The third-order valence-corrected chi connectivity index (χ3v) is 3.90. The first-order chi connectivity index (χ1) is 12.0. The van der Waals surface area contributed by atoms with Crippen LogP contribution in [-0.2, 0) is 16.1 Å². The van der Waals surface area contributed by atoms with Gasteiger partial charge in [-0.2, -0.15) is 0 Å². The molecule has 1 aromatic heterocycles. The zero-order valence-corrected chi connectivity index (χ0v) is 14.7. The summed E-state index contributed by atoms with van der Waals surface area (Å²) in [5.74, 6) is 0.0832. The highest BCUT2D eigenvalue weighted by molar-refractivity contribution is 6.30. The minimum absolute atomic E-state index is 0.0524. The van der Waals surface area contributed by atoms with E-state index in [0.29, 0.717) is 16.5 Å². The second kappa shape index (κ2) is 7.49. The van der Waals surface area contributed by atoms with Crippen LogP contribution in [0.15, 0.2) is 48.5 Å². The van der Waals surface area contributed by atoms with Crippen molar-refractivity contribution in [3.8, 4) is 5.75 Å². The molecule has 0 saturated heterocycles. The van der Waals surface area contributed by atoms with E-state index < -0.39 is 12.1 Å². The predicted molar refractivity (Wildman–Crippen MR) is 95.6 cm³/mol. The first kappa shape index (κ1) is 17.2. The number of hydrogen-bond donors (Lipinski definition) is 0. The normalized spacial score (nSPS) is 12.0. The number of ether oxygens (including phenoxy) is 2. The van der Waals surface area contributed by atoms with Crippen LogP contribution in [0.5, 0.6) is 5.75 Å². The van der Waals surface area contributed by atoms with Crippen LogP contribution in [-0.4, -0.2) is 22.0 Å². The Kier molecular flexibility index (Phi) is 5.14. The number of esters is 1. The molecule has 2 aromatic carbocycles. The monoisotopic (exact) mass is 356 g/mol. The molecule has 6 heteroatoms. The molecule has 0 saturated carbocycles. The third-order valence-electron chi connectivity index (χ3n) is 3.65. The summed E-state index contributed by atoms with van der Waals surface area (Å²) in [7, 11) is 0. The Balaban J connectivity index is 1.63. The number of rotatable bonds is 5. The molecular weight excluding hydrogens is 340 g/mol. The van der Waals surface area contributed by atoms with Crippen molar-refractivity contribution in [2.45, 2.75) is 26.6 Å². The van der Waals surface area contributed by atoms with Crippen molar-refractivity contribution in [3.05, 3.63) is 64.9 Å². The molecule has 0 aliphatic carbocycles. The van der Waals surface area contributed by atoms with Gasteiger partial charge in [0.2, 0.25) is 0 Å². The number of fused-ring (bicyclic) bond motifs is 1. The largest absolute Gasteiger partial charge is 0.479 e. The number of aromatic nitrogens is 2. The first-order valence-corrected chi connectivity index (χ1v) is 8.22. The van der Waals surface area contributed by atoms with Crippen LogP contribution in [0, 0.1) is 6.92 Å². The Labute approximate surface area is 150 Å². The third kappa shape index (κ3) is 4.25. The fourth-order valence-electron chi connectivity index (χ4n) is 2.28. The first-order valence-electron chi connectivity index (χ1n) is 7.84. The summed E-state index contributed by atoms with van der Waals surface area (Å²) < 4.78 is 10.9. The van der Waals surface area contributed by atoms with Crippen molar-refractivity contribution in [2.24, 2.45) is 0 Å². The van der Waals surface area contributed by atoms with Gasteiger partial charge in [0.15, 0.2) is 6.10 Å². The number of halogens is 1. The number of nitrogens with zero attached hydrogens (tertiary/aromatic N) is 2. The molecule has 0 N–H and O–H groups in total. The van der Waals surface area contributed by atoms with Crippen molar-refractivity contribution in [1.29, 1.82) is 0 Å². The summed E-state index contributed by atoms with van der Waals surface area (Å²) in [6, 6.07) is 14.4. The van der Waals surface area contributed by atoms with E-state index in [1.54, 1.807) is 31.2 Å². The lowest BCUT2D eigenvalue weighted by Gasteiger charge is -2.14. The van der Waals surface area contributed by atoms with Crippen LogP contribution in [0.25, 0.3) is 11.0 Å². The molecule has 0 unspecified atom stereocenters. The second-order valence-electron chi connectivity index (χ2n) is 5.57. The molecule has 0 aliphatic rings. The SMILES string of the molecule is Cc1nc2ccccc2nc1COC(=O)[C@H](C)Oc1ccc(Cl)cc1. The number of aryl methyl sites for hydroxylation is 1. The molecule has 25 heavy (non-hydrogen) atoms.